The van der Waals surface area contributed by atoms with Crippen molar-refractivity contribution in [1.82, 2.24) is 4.98 Å². The Morgan fingerprint density at radius 1 is 1.19 bits per heavy atom. The van der Waals surface area contributed by atoms with E-state index in [4.69, 9.17) is 4.74 Å². The summed E-state index contributed by atoms with van der Waals surface area (Å²) in [7, 11) is 0. The molecule has 0 aliphatic heterocycles. The number of carbonyl (C=O) groups excluding carboxylic acids is 3. The number of carbonyl (C=O) groups is 3. The van der Waals surface area contributed by atoms with Crippen molar-refractivity contribution in [2.75, 3.05) is 6.61 Å². The van der Waals surface area contributed by atoms with Crippen molar-refractivity contribution in [2.45, 2.75) is 27.7 Å². The van der Waals surface area contributed by atoms with Crippen LogP contribution in [0.15, 0.2) is 18.2 Å². The van der Waals surface area contributed by atoms with E-state index in [1.807, 2.05) is 0 Å². The van der Waals surface area contributed by atoms with E-state index >= 15 is 0 Å². The van der Waals surface area contributed by atoms with Crippen LogP contribution >= 0.6 is 0 Å². The molecule has 1 aromatic heterocycles. The standard InChI is InChI=1S/C18H18N2O6/c1-9-7-13(5-6-14(9)20(24)25)18(23)26-8-15(22)17-10(2)16(12(4)21)11(3)19-17/h5-7,19H,8H2,1-4H3. The van der Waals surface area contributed by atoms with E-state index < -0.39 is 23.3 Å². The van der Waals surface area contributed by atoms with Crippen LogP contribution in [-0.2, 0) is 4.74 Å². The second-order valence-electron chi connectivity index (χ2n) is 5.94. The summed E-state index contributed by atoms with van der Waals surface area (Å²) >= 11 is 0. The third-order valence-corrected chi connectivity index (χ3v) is 4.03. The van der Waals surface area contributed by atoms with Gasteiger partial charge in [0.25, 0.3) is 5.69 Å². The van der Waals surface area contributed by atoms with Crippen molar-refractivity contribution >= 4 is 23.2 Å². The van der Waals surface area contributed by atoms with Crippen LogP contribution in [0, 0.1) is 30.9 Å². The molecular weight excluding hydrogens is 340 g/mol. The fourth-order valence-electron chi connectivity index (χ4n) is 2.83. The maximum absolute atomic E-state index is 12.3. The maximum atomic E-state index is 12.3. The summed E-state index contributed by atoms with van der Waals surface area (Å²) in [4.78, 5) is 49.1. The molecule has 0 saturated carbocycles. The number of aromatic nitrogens is 1. The second-order valence-corrected chi connectivity index (χ2v) is 5.94. The fraction of sp³-hybridized carbons (Fsp3) is 0.278. The normalized spacial score (nSPS) is 10.5. The van der Waals surface area contributed by atoms with Crippen molar-refractivity contribution < 1.29 is 24.0 Å². The number of rotatable bonds is 6. The zero-order valence-electron chi connectivity index (χ0n) is 14.8. The number of ketones is 2. The Bertz CT molecular complexity index is 926. The number of ether oxygens (including phenoxy) is 1. The van der Waals surface area contributed by atoms with E-state index in [1.165, 1.54) is 32.0 Å². The number of H-pyrrole nitrogens is 1. The maximum Gasteiger partial charge on any atom is 0.338 e. The van der Waals surface area contributed by atoms with E-state index in [1.54, 1.807) is 13.8 Å². The molecule has 8 nitrogen and oxygen atoms in total. The van der Waals surface area contributed by atoms with E-state index in [0.29, 0.717) is 22.4 Å². The Balaban J connectivity index is 2.11. The van der Waals surface area contributed by atoms with Crippen molar-refractivity contribution in [3.8, 4) is 0 Å². The molecule has 26 heavy (non-hydrogen) atoms. The average Bonchev–Trinajstić information content (AvgIpc) is 2.86. The van der Waals surface area contributed by atoms with Crippen molar-refractivity contribution in [3.63, 3.8) is 0 Å². The van der Waals surface area contributed by atoms with Gasteiger partial charge in [-0.2, -0.15) is 0 Å². The van der Waals surface area contributed by atoms with Crippen molar-refractivity contribution in [1.29, 1.82) is 0 Å². The first kappa shape index (κ1) is 19.0. The summed E-state index contributed by atoms with van der Waals surface area (Å²) in [6.07, 6.45) is 0. The van der Waals surface area contributed by atoms with Crippen LogP contribution in [0.2, 0.25) is 0 Å². The quantitative estimate of drug-likeness (QED) is 0.367. The summed E-state index contributed by atoms with van der Waals surface area (Å²) in [5.74, 6) is -1.39. The van der Waals surface area contributed by atoms with Gasteiger partial charge in [0.15, 0.2) is 12.4 Å². The van der Waals surface area contributed by atoms with Crippen LogP contribution in [-0.4, -0.2) is 34.0 Å². The monoisotopic (exact) mass is 358 g/mol. The molecule has 0 radical (unpaired) electrons. The van der Waals surface area contributed by atoms with E-state index in [-0.39, 0.29) is 22.7 Å². The van der Waals surface area contributed by atoms with Gasteiger partial charge in [-0.1, -0.05) is 0 Å². The highest BCUT2D eigenvalue weighted by atomic mass is 16.6. The molecule has 0 bridgehead atoms. The molecule has 0 aliphatic rings. The summed E-state index contributed by atoms with van der Waals surface area (Å²) in [5.41, 5.74) is 2.10. The first-order valence-corrected chi connectivity index (χ1v) is 7.79. The predicted octanol–water partition coefficient (Wildman–Crippen LogP) is 3.09. The molecule has 2 aromatic rings. The fourth-order valence-corrected chi connectivity index (χ4v) is 2.83. The van der Waals surface area contributed by atoms with Gasteiger partial charge in [0.1, 0.15) is 0 Å². The van der Waals surface area contributed by atoms with Crippen molar-refractivity contribution in [3.05, 3.63) is 62.0 Å². The minimum absolute atomic E-state index is 0.105. The largest absolute Gasteiger partial charge is 0.454 e. The summed E-state index contributed by atoms with van der Waals surface area (Å²) in [6.45, 7) is 5.75. The first-order chi connectivity index (χ1) is 12.1. The molecule has 1 heterocycles. The van der Waals surface area contributed by atoms with Gasteiger partial charge in [-0.05, 0) is 45.4 Å². The van der Waals surface area contributed by atoms with Gasteiger partial charge in [-0.15, -0.1) is 0 Å². The molecule has 0 amide bonds. The third kappa shape index (κ3) is 3.69. The smallest absolute Gasteiger partial charge is 0.338 e. The second kappa shape index (κ2) is 7.30. The zero-order chi connectivity index (χ0) is 19.6. The molecule has 0 saturated heterocycles. The number of esters is 1. The van der Waals surface area contributed by atoms with E-state index in [2.05, 4.69) is 4.98 Å². The number of nitrogens with zero attached hydrogens (tertiary/aromatic N) is 1. The minimum atomic E-state index is -0.760. The molecule has 1 N–H and O–H groups in total. The van der Waals surface area contributed by atoms with Gasteiger partial charge in [0.2, 0.25) is 5.78 Å². The number of nitro benzene ring substituents is 1. The van der Waals surface area contributed by atoms with Crippen LogP contribution in [0.5, 0.6) is 0 Å². The summed E-state index contributed by atoms with van der Waals surface area (Å²) in [6, 6.07) is 3.82. The molecule has 1 aromatic carbocycles. The Morgan fingerprint density at radius 3 is 2.35 bits per heavy atom. The Hall–Kier alpha value is -3.29. The minimum Gasteiger partial charge on any atom is -0.454 e. The van der Waals surface area contributed by atoms with Crippen molar-refractivity contribution in [2.24, 2.45) is 0 Å². The zero-order valence-corrected chi connectivity index (χ0v) is 14.8. The number of aryl methyl sites for hydroxylation is 2. The highest BCUT2D eigenvalue weighted by molar-refractivity contribution is 6.04. The van der Waals surface area contributed by atoms with Gasteiger partial charge in [0, 0.05) is 22.9 Å². The van der Waals surface area contributed by atoms with Gasteiger partial charge in [-0.3, -0.25) is 19.7 Å². The van der Waals surface area contributed by atoms with Gasteiger partial charge in [0.05, 0.1) is 16.2 Å². The molecule has 8 heteroatoms. The number of nitrogens with one attached hydrogen (secondary N) is 1. The highest BCUT2D eigenvalue weighted by Gasteiger charge is 2.21. The Kier molecular flexibility index (Phi) is 5.35. The number of hydrogen-bond acceptors (Lipinski definition) is 6. The first-order valence-electron chi connectivity index (χ1n) is 7.79. The number of nitro groups is 1. The average molecular weight is 358 g/mol. The number of aromatic amines is 1. The van der Waals surface area contributed by atoms with Crippen LogP contribution in [0.4, 0.5) is 5.69 Å². The molecule has 0 unspecified atom stereocenters. The van der Waals surface area contributed by atoms with Gasteiger partial charge in [-0.25, -0.2) is 4.79 Å². The molecule has 0 aliphatic carbocycles. The van der Waals surface area contributed by atoms with Crippen LogP contribution in [0.25, 0.3) is 0 Å². The number of hydrogen-bond donors (Lipinski definition) is 1. The molecular formula is C18H18N2O6. The van der Waals surface area contributed by atoms with Crippen LogP contribution in [0.3, 0.4) is 0 Å². The van der Waals surface area contributed by atoms with Gasteiger partial charge >= 0.3 is 5.97 Å². The van der Waals surface area contributed by atoms with E-state index in [9.17, 15) is 24.5 Å². The molecule has 2 rings (SSSR count). The SMILES string of the molecule is CC(=O)c1c(C)[nH]c(C(=O)COC(=O)c2ccc([N+](=O)[O-])c(C)c2)c1C. The molecule has 136 valence electrons. The lowest BCUT2D eigenvalue weighted by Crippen LogP contribution is -2.15. The molecule has 0 atom stereocenters. The Morgan fingerprint density at radius 2 is 1.85 bits per heavy atom. The Labute approximate surface area is 149 Å². The van der Waals surface area contributed by atoms with Gasteiger partial charge < -0.3 is 9.72 Å². The van der Waals surface area contributed by atoms with E-state index in [0.717, 1.165) is 0 Å². The highest BCUT2D eigenvalue weighted by Crippen LogP contribution is 2.21. The molecule has 0 spiro atoms. The topological polar surface area (TPSA) is 119 Å². The number of benzene rings is 1. The summed E-state index contributed by atoms with van der Waals surface area (Å²) < 4.78 is 5.00. The third-order valence-electron chi connectivity index (χ3n) is 4.03. The summed E-state index contributed by atoms with van der Waals surface area (Å²) in [5, 5.41) is 10.8. The van der Waals surface area contributed by atoms with Crippen LogP contribution in [0.1, 0.15) is 54.9 Å². The predicted molar refractivity (Wildman–Crippen MR) is 92.7 cm³/mol. The lowest BCUT2D eigenvalue weighted by molar-refractivity contribution is -0.385. The van der Waals surface area contributed by atoms with Crippen LogP contribution < -0.4 is 0 Å². The molecule has 0 fully saturated rings. The lowest BCUT2D eigenvalue weighted by atomic mass is 10.1. The number of Topliss-reactive ketones (excluding diaryl/α,β-unsaturated/α-hetero) is 2. The lowest BCUT2D eigenvalue weighted by Gasteiger charge is -2.05.